The van der Waals surface area contributed by atoms with Gasteiger partial charge < -0.3 is 0 Å². The fourth-order valence-corrected chi connectivity index (χ4v) is 5.97. The number of alkyl halides is 1. The second-order valence-corrected chi connectivity index (χ2v) is 7.82. The first-order valence-electron chi connectivity index (χ1n) is 8.41. The molecule has 4 rings (SSSR count). The third-order valence-electron chi connectivity index (χ3n) is 6.94. The number of allylic oxidation sites excluding steroid dienone is 1. The van der Waals surface area contributed by atoms with Gasteiger partial charge >= 0.3 is 0 Å². The van der Waals surface area contributed by atoms with Gasteiger partial charge in [-0.25, -0.2) is 4.39 Å². The molecular formula is C18H23FO2. The molecule has 0 aromatic heterocycles. The molecule has 3 saturated carbocycles. The summed E-state index contributed by atoms with van der Waals surface area (Å²) in [5, 5.41) is 0. The van der Waals surface area contributed by atoms with E-state index in [1.54, 1.807) is 6.08 Å². The number of halogens is 1. The Labute approximate surface area is 125 Å². The maximum atomic E-state index is 15.0. The quantitative estimate of drug-likeness (QED) is 0.682. The van der Waals surface area contributed by atoms with Crippen LogP contribution >= 0.6 is 0 Å². The fraction of sp³-hybridized carbons (Fsp3) is 0.778. The van der Waals surface area contributed by atoms with Gasteiger partial charge in [-0.3, -0.25) is 9.59 Å². The average Bonchev–Trinajstić information content (AvgIpc) is 2.74. The molecular weight excluding hydrogens is 267 g/mol. The fourth-order valence-electron chi connectivity index (χ4n) is 5.97. The number of hydrogen-bond acceptors (Lipinski definition) is 2. The highest BCUT2D eigenvalue weighted by atomic mass is 19.1. The van der Waals surface area contributed by atoms with Crippen molar-refractivity contribution in [3.63, 3.8) is 0 Å². The standard InChI is InChI=1S/C18H23FO2/c1-18-9-15(19)17-12-5-3-11(20)8-10(12)2-4-13(17)14(18)6-7-16(18)21/h8,12-15,17H,2-7,9H2,1H3. The predicted molar refractivity (Wildman–Crippen MR) is 77.4 cm³/mol. The molecule has 0 amide bonds. The zero-order valence-electron chi connectivity index (χ0n) is 12.6. The third-order valence-corrected chi connectivity index (χ3v) is 6.94. The highest BCUT2D eigenvalue weighted by Gasteiger charge is 2.59. The van der Waals surface area contributed by atoms with Gasteiger partial charge in [0, 0.05) is 18.3 Å². The van der Waals surface area contributed by atoms with Gasteiger partial charge in [0.25, 0.3) is 0 Å². The maximum Gasteiger partial charge on any atom is 0.155 e. The molecule has 3 fully saturated rings. The van der Waals surface area contributed by atoms with E-state index in [2.05, 4.69) is 0 Å². The summed E-state index contributed by atoms with van der Waals surface area (Å²) in [6, 6.07) is 0. The van der Waals surface area contributed by atoms with Crippen LogP contribution in [-0.2, 0) is 9.59 Å². The van der Waals surface area contributed by atoms with Crippen molar-refractivity contribution in [3.8, 4) is 0 Å². The number of hydrogen-bond donors (Lipinski definition) is 0. The monoisotopic (exact) mass is 290 g/mol. The summed E-state index contributed by atoms with van der Waals surface area (Å²) >= 11 is 0. The topological polar surface area (TPSA) is 34.1 Å². The molecule has 0 aromatic rings. The lowest BCUT2D eigenvalue weighted by molar-refractivity contribution is -0.135. The van der Waals surface area contributed by atoms with E-state index in [0.29, 0.717) is 31.1 Å². The van der Waals surface area contributed by atoms with E-state index >= 15 is 0 Å². The zero-order valence-corrected chi connectivity index (χ0v) is 12.6. The van der Waals surface area contributed by atoms with Crippen LogP contribution in [0.25, 0.3) is 0 Å². The molecule has 6 unspecified atom stereocenters. The number of rotatable bonds is 0. The smallest absolute Gasteiger partial charge is 0.155 e. The summed E-state index contributed by atoms with van der Waals surface area (Å²) in [6.45, 7) is 2.01. The zero-order chi connectivity index (χ0) is 14.8. The Kier molecular flexibility index (Phi) is 2.93. The molecule has 0 N–H and O–H groups in total. The van der Waals surface area contributed by atoms with Gasteiger partial charge in [-0.2, -0.15) is 0 Å². The van der Waals surface area contributed by atoms with Gasteiger partial charge in [0.2, 0.25) is 0 Å². The molecule has 3 heteroatoms. The highest BCUT2D eigenvalue weighted by Crippen LogP contribution is 2.61. The van der Waals surface area contributed by atoms with Gasteiger partial charge in [-0.1, -0.05) is 12.5 Å². The van der Waals surface area contributed by atoms with Gasteiger partial charge in [0.1, 0.15) is 12.0 Å². The molecule has 2 nitrogen and oxygen atoms in total. The van der Waals surface area contributed by atoms with Crippen molar-refractivity contribution in [2.24, 2.45) is 29.1 Å². The molecule has 4 aliphatic carbocycles. The van der Waals surface area contributed by atoms with Gasteiger partial charge in [-0.05, 0) is 61.9 Å². The minimum Gasteiger partial charge on any atom is -0.299 e. The van der Waals surface area contributed by atoms with Crippen LogP contribution < -0.4 is 0 Å². The Balaban J connectivity index is 1.70. The molecule has 0 bridgehead atoms. The van der Waals surface area contributed by atoms with E-state index < -0.39 is 11.6 Å². The Bertz CT molecular complexity index is 537. The highest BCUT2D eigenvalue weighted by molar-refractivity contribution is 5.91. The van der Waals surface area contributed by atoms with E-state index in [-0.39, 0.29) is 23.4 Å². The lowest BCUT2D eigenvalue weighted by Crippen LogP contribution is -2.51. The number of carbonyl (C=O) groups is 2. The summed E-state index contributed by atoms with van der Waals surface area (Å²) in [7, 11) is 0. The third kappa shape index (κ3) is 1.82. The Morgan fingerprint density at radius 2 is 1.95 bits per heavy atom. The molecule has 6 atom stereocenters. The lowest BCUT2D eigenvalue weighted by Gasteiger charge is -2.53. The van der Waals surface area contributed by atoms with Crippen molar-refractivity contribution >= 4 is 11.6 Å². The van der Waals surface area contributed by atoms with Crippen molar-refractivity contribution in [1.82, 2.24) is 0 Å². The Morgan fingerprint density at radius 1 is 1.14 bits per heavy atom. The van der Waals surface area contributed by atoms with Crippen LogP contribution in [0.5, 0.6) is 0 Å². The second kappa shape index (κ2) is 4.50. The van der Waals surface area contributed by atoms with E-state index in [1.165, 1.54) is 5.57 Å². The molecule has 0 spiro atoms. The van der Waals surface area contributed by atoms with Crippen molar-refractivity contribution in [2.75, 3.05) is 0 Å². The Hall–Kier alpha value is -0.990. The van der Waals surface area contributed by atoms with Crippen LogP contribution in [0.2, 0.25) is 0 Å². The van der Waals surface area contributed by atoms with Gasteiger partial charge in [0.05, 0.1) is 0 Å². The van der Waals surface area contributed by atoms with Crippen molar-refractivity contribution in [3.05, 3.63) is 11.6 Å². The molecule has 0 radical (unpaired) electrons. The Morgan fingerprint density at radius 3 is 2.76 bits per heavy atom. The van der Waals surface area contributed by atoms with Crippen molar-refractivity contribution in [1.29, 1.82) is 0 Å². The molecule has 114 valence electrons. The summed E-state index contributed by atoms with van der Waals surface area (Å²) < 4.78 is 15.0. The van der Waals surface area contributed by atoms with Crippen LogP contribution in [0.15, 0.2) is 11.6 Å². The summed E-state index contributed by atoms with van der Waals surface area (Å²) in [6.07, 6.45) is 6.23. The summed E-state index contributed by atoms with van der Waals surface area (Å²) in [5.41, 5.74) is 0.787. The van der Waals surface area contributed by atoms with Gasteiger partial charge in [-0.15, -0.1) is 0 Å². The van der Waals surface area contributed by atoms with Crippen LogP contribution in [0.1, 0.15) is 51.9 Å². The molecule has 0 heterocycles. The van der Waals surface area contributed by atoms with E-state index in [4.69, 9.17) is 0 Å². The lowest BCUT2D eigenvalue weighted by atomic mass is 9.51. The first-order chi connectivity index (χ1) is 10.0. The van der Waals surface area contributed by atoms with Crippen molar-refractivity contribution < 1.29 is 14.0 Å². The minimum absolute atomic E-state index is 0.0575. The predicted octanol–water partition coefficient (Wildman–Crippen LogP) is 3.65. The number of Topliss-reactive ketones (excluding diaryl/α,β-unsaturated/α-hetero) is 1. The molecule has 21 heavy (non-hydrogen) atoms. The second-order valence-electron chi connectivity index (χ2n) is 7.82. The van der Waals surface area contributed by atoms with Gasteiger partial charge in [0.15, 0.2) is 5.78 Å². The van der Waals surface area contributed by atoms with E-state index in [1.807, 2.05) is 6.92 Å². The van der Waals surface area contributed by atoms with Crippen molar-refractivity contribution in [2.45, 2.75) is 58.0 Å². The van der Waals surface area contributed by atoms with E-state index in [0.717, 1.165) is 25.7 Å². The first-order valence-corrected chi connectivity index (χ1v) is 8.41. The van der Waals surface area contributed by atoms with Crippen LogP contribution in [0, 0.1) is 29.1 Å². The number of ketones is 2. The molecule has 0 aromatic carbocycles. The average molecular weight is 290 g/mol. The number of carbonyl (C=O) groups excluding carboxylic acids is 2. The normalized spacial score (nSPS) is 49.2. The maximum absolute atomic E-state index is 15.0. The summed E-state index contributed by atoms with van der Waals surface area (Å²) in [4.78, 5) is 23.9. The summed E-state index contributed by atoms with van der Waals surface area (Å²) in [5.74, 6) is 1.54. The SMILES string of the molecule is CC12CC(F)C3C4CCC(=O)C=C4CCC3C1CCC2=O. The largest absolute Gasteiger partial charge is 0.299 e. The molecule has 4 aliphatic rings. The molecule has 0 aliphatic heterocycles. The molecule has 0 saturated heterocycles. The minimum atomic E-state index is -0.875. The van der Waals surface area contributed by atoms with Crippen LogP contribution in [0.4, 0.5) is 4.39 Å². The first kappa shape index (κ1) is 13.7. The van der Waals surface area contributed by atoms with Crippen LogP contribution in [0.3, 0.4) is 0 Å². The number of fused-ring (bicyclic) bond motifs is 5. The van der Waals surface area contributed by atoms with Crippen LogP contribution in [-0.4, -0.2) is 17.7 Å². The van der Waals surface area contributed by atoms with E-state index in [9.17, 15) is 14.0 Å².